The Morgan fingerprint density at radius 3 is 2.79 bits per heavy atom. The molecule has 0 spiro atoms. The van der Waals surface area contributed by atoms with E-state index in [-0.39, 0.29) is 18.3 Å². The van der Waals surface area contributed by atoms with Crippen LogP contribution in [0.25, 0.3) is 0 Å². The molecule has 0 aliphatic carbocycles. The zero-order valence-electron chi connectivity index (χ0n) is 13.6. The Labute approximate surface area is 148 Å². The summed E-state index contributed by atoms with van der Waals surface area (Å²) in [6.07, 6.45) is -0.571. The summed E-state index contributed by atoms with van der Waals surface area (Å²) >= 11 is 2.45. The van der Waals surface area contributed by atoms with Gasteiger partial charge >= 0.3 is 6.09 Å². The van der Waals surface area contributed by atoms with E-state index in [1.807, 2.05) is 32.0 Å². The van der Waals surface area contributed by atoms with Gasteiger partial charge in [-0.3, -0.25) is 10.1 Å². The minimum Gasteiger partial charge on any atom is -0.450 e. The van der Waals surface area contributed by atoms with Gasteiger partial charge in [0.25, 0.3) is 0 Å². The highest BCUT2D eigenvalue weighted by atomic mass is 32.2. The maximum atomic E-state index is 12.1. The van der Waals surface area contributed by atoms with E-state index in [1.165, 1.54) is 23.1 Å². The van der Waals surface area contributed by atoms with Crippen LogP contribution in [-0.4, -0.2) is 34.6 Å². The lowest BCUT2D eigenvalue weighted by atomic mass is 10.1. The van der Waals surface area contributed by atoms with E-state index < -0.39 is 6.09 Å². The second-order valence-electron chi connectivity index (χ2n) is 4.87. The molecule has 7 nitrogen and oxygen atoms in total. The number of hydrogen-bond acceptors (Lipinski definition) is 7. The van der Waals surface area contributed by atoms with Crippen LogP contribution in [0, 0.1) is 13.8 Å². The van der Waals surface area contributed by atoms with Gasteiger partial charge in [0.2, 0.25) is 11.0 Å². The molecule has 0 aliphatic rings. The number of carbonyl (C=O) groups is 2. The number of nitrogens with zero attached hydrogens (tertiary/aromatic N) is 2. The Kier molecular flexibility index (Phi) is 6.56. The first-order valence-corrected chi connectivity index (χ1v) is 9.05. The van der Waals surface area contributed by atoms with Crippen LogP contribution in [-0.2, 0) is 9.53 Å². The minimum atomic E-state index is -0.571. The van der Waals surface area contributed by atoms with Gasteiger partial charge in [-0.2, -0.15) is 0 Å². The van der Waals surface area contributed by atoms with Crippen molar-refractivity contribution < 1.29 is 14.3 Å². The predicted molar refractivity (Wildman–Crippen MR) is 95.8 cm³/mol. The second kappa shape index (κ2) is 8.65. The molecule has 0 atom stereocenters. The fourth-order valence-corrected chi connectivity index (χ4v) is 3.29. The molecule has 0 aliphatic heterocycles. The molecule has 1 aromatic carbocycles. The van der Waals surface area contributed by atoms with Crippen molar-refractivity contribution in [2.24, 2.45) is 0 Å². The van der Waals surface area contributed by atoms with E-state index in [1.54, 1.807) is 6.92 Å². The number of rotatable bonds is 6. The number of carbonyl (C=O) groups excluding carboxylic acids is 2. The summed E-state index contributed by atoms with van der Waals surface area (Å²) in [5.41, 5.74) is 2.90. The first kappa shape index (κ1) is 18.2. The summed E-state index contributed by atoms with van der Waals surface area (Å²) in [6, 6.07) is 5.90. The van der Waals surface area contributed by atoms with Gasteiger partial charge in [-0.1, -0.05) is 35.2 Å². The van der Waals surface area contributed by atoms with Crippen molar-refractivity contribution in [2.75, 3.05) is 23.0 Å². The van der Waals surface area contributed by atoms with Gasteiger partial charge < -0.3 is 10.1 Å². The van der Waals surface area contributed by atoms with E-state index in [9.17, 15) is 9.59 Å². The maximum Gasteiger partial charge on any atom is 0.413 e. The fourth-order valence-electron chi connectivity index (χ4n) is 1.76. The van der Waals surface area contributed by atoms with E-state index in [0.717, 1.165) is 16.8 Å². The Balaban J connectivity index is 1.85. The molecular weight excluding hydrogens is 348 g/mol. The molecule has 0 saturated carbocycles. The number of thioether (sulfide) groups is 1. The van der Waals surface area contributed by atoms with Crippen molar-refractivity contribution in [3.05, 3.63) is 29.3 Å². The van der Waals surface area contributed by atoms with Crippen LogP contribution < -0.4 is 10.6 Å². The number of ether oxygens (including phenoxy) is 1. The molecule has 0 bridgehead atoms. The number of hydrogen-bond donors (Lipinski definition) is 2. The third-order valence-corrected chi connectivity index (χ3v) is 4.86. The molecule has 2 rings (SSSR count). The van der Waals surface area contributed by atoms with Crippen LogP contribution in [0.4, 0.5) is 15.6 Å². The molecule has 1 heterocycles. The normalized spacial score (nSPS) is 10.3. The van der Waals surface area contributed by atoms with Crippen molar-refractivity contribution >= 4 is 45.9 Å². The topological polar surface area (TPSA) is 93.2 Å². The van der Waals surface area contributed by atoms with Crippen molar-refractivity contribution in [3.8, 4) is 0 Å². The summed E-state index contributed by atoms with van der Waals surface area (Å²) < 4.78 is 5.35. The average Bonchev–Trinajstić information content (AvgIpc) is 2.96. The lowest BCUT2D eigenvalue weighted by Crippen LogP contribution is -2.14. The van der Waals surface area contributed by atoms with Gasteiger partial charge in [-0.25, -0.2) is 4.79 Å². The lowest BCUT2D eigenvalue weighted by Gasteiger charge is -2.08. The van der Waals surface area contributed by atoms with E-state index in [4.69, 9.17) is 4.74 Å². The Morgan fingerprint density at radius 1 is 1.25 bits per heavy atom. The highest BCUT2D eigenvalue weighted by Gasteiger charge is 2.11. The molecule has 9 heteroatoms. The molecular formula is C15H18N4O3S2. The average molecular weight is 366 g/mol. The SMILES string of the molecule is CCOC(=O)Nc1nnc(SCC(=O)Nc2cc(C)ccc2C)s1. The minimum absolute atomic E-state index is 0.121. The smallest absolute Gasteiger partial charge is 0.413 e. The second-order valence-corrected chi connectivity index (χ2v) is 7.07. The summed E-state index contributed by atoms with van der Waals surface area (Å²) in [7, 11) is 0. The first-order valence-electron chi connectivity index (χ1n) is 7.25. The third-order valence-electron chi connectivity index (χ3n) is 2.88. The predicted octanol–water partition coefficient (Wildman–Crippen LogP) is 3.45. The number of amides is 2. The molecule has 1 aromatic heterocycles. The molecule has 0 saturated heterocycles. The van der Waals surface area contributed by atoms with Gasteiger partial charge in [0.1, 0.15) is 0 Å². The lowest BCUT2D eigenvalue weighted by molar-refractivity contribution is -0.113. The Morgan fingerprint density at radius 2 is 2.04 bits per heavy atom. The molecule has 128 valence electrons. The molecule has 2 amide bonds. The van der Waals surface area contributed by atoms with Gasteiger partial charge in [0, 0.05) is 5.69 Å². The highest BCUT2D eigenvalue weighted by molar-refractivity contribution is 8.01. The summed E-state index contributed by atoms with van der Waals surface area (Å²) in [6.45, 7) is 5.92. The zero-order chi connectivity index (χ0) is 17.5. The van der Waals surface area contributed by atoms with E-state index >= 15 is 0 Å². The first-order chi connectivity index (χ1) is 11.5. The van der Waals surface area contributed by atoms with Gasteiger partial charge in [-0.05, 0) is 38.0 Å². The van der Waals surface area contributed by atoms with Crippen LogP contribution in [0.2, 0.25) is 0 Å². The molecule has 0 unspecified atom stereocenters. The maximum absolute atomic E-state index is 12.1. The number of benzene rings is 1. The van der Waals surface area contributed by atoms with Crippen LogP contribution >= 0.6 is 23.1 Å². The number of aromatic nitrogens is 2. The van der Waals surface area contributed by atoms with Gasteiger partial charge in [0.05, 0.1) is 12.4 Å². The fraction of sp³-hybridized carbons (Fsp3) is 0.333. The quantitative estimate of drug-likeness (QED) is 0.601. The standard InChI is InChI=1S/C15H18N4O3S2/c1-4-22-14(21)17-13-18-19-15(24-13)23-8-12(20)16-11-7-9(2)5-6-10(11)3/h5-7H,4,8H2,1-3H3,(H,16,20)(H,17,18,21). The summed E-state index contributed by atoms with van der Waals surface area (Å²) in [5.74, 6) is 0.0883. The van der Waals surface area contributed by atoms with Crippen LogP contribution in [0.3, 0.4) is 0 Å². The van der Waals surface area contributed by atoms with Crippen LogP contribution in [0.5, 0.6) is 0 Å². The highest BCUT2D eigenvalue weighted by Crippen LogP contribution is 2.26. The number of aryl methyl sites for hydroxylation is 2. The number of nitrogens with one attached hydrogen (secondary N) is 2. The van der Waals surface area contributed by atoms with Crippen molar-refractivity contribution in [1.82, 2.24) is 10.2 Å². The zero-order valence-corrected chi connectivity index (χ0v) is 15.2. The molecule has 24 heavy (non-hydrogen) atoms. The number of anilines is 2. The van der Waals surface area contributed by atoms with Gasteiger partial charge in [-0.15, -0.1) is 10.2 Å². The molecule has 0 radical (unpaired) electrons. The molecule has 2 N–H and O–H groups in total. The third kappa shape index (κ3) is 5.50. The Bertz CT molecular complexity index is 733. The van der Waals surface area contributed by atoms with E-state index in [0.29, 0.717) is 9.47 Å². The summed E-state index contributed by atoms with van der Waals surface area (Å²) in [5, 5.41) is 13.4. The molecule has 2 aromatic rings. The molecule has 0 fully saturated rings. The van der Waals surface area contributed by atoms with Crippen molar-refractivity contribution in [2.45, 2.75) is 25.1 Å². The van der Waals surface area contributed by atoms with Crippen LogP contribution in [0.1, 0.15) is 18.1 Å². The van der Waals surface area contributed by atoms with Gasteiger partial charge in [0.15, 0.2) is 4.34 Å². The largest absolute Gasteiger partial charge is 0.450 e. The monoisotopic (exact) mass is 366 g/mol. The van der Waals surface area contributed by atoms with Crippen molar-refractivity contribution in [3.63, 3.8) is 0 Å². The van der Waals surface area contributed by atoms with Crippen molar-refractivity contribution in [1.29, 1.82) is 0 Å². The summed E-state index contributed by atoms with van der Waals surface area (Å²) in [4.78, 5) is 23.3. The van der Waals surface area contributed by atoms with E-state index in [2.05, 4.69) is 20.8 Å². The van der Waals surface area contributed by atoms with Crippen LogP contribution in [0.15, 0.2) is 22.5 Å². The Hall–Kier alpha value is -2.13.